The third-order valence-electron chi connectivity index (χ3n) is 3.62. The molecule has 1 amide bonds. The number of carbonyl (C=O) groups is 1. The molecule has 4 nitrogen and oxygen atoms in total. The van der Waals surface area contributed by atoms with E-state index in [0.717, 1.165) is 25.4 Å². The van der Waals surface area contributed by atoms with Gasteiger partial charge >= 0.3 is 0 Å². The van der Waals surface area contributed by atoms with E-state index in [2.05, 4.69) is 22.1 Å². The van der Waals surface area contributed by atoms with E-state index in [1.807, 2.05) is 0 Å². The lowest BCUT2D eigenvalue weighted by molar-refractivity contribution is 0.0950. The summed E-state index contributed by atoms with van der Waals surface area (Å²) in [6.07, 6.45) is 6.97. The Kier molecular flexibility index (Phi) is 5.33. The largest absolute Gasteiger partial charge is 0.352 e. The summed E-state index contributed by atoms with van der Waals surface area (Å²) < 4.78 is 0. The fraction of sp³-hybridized carbons (Fsp3) is 0.600. The van der Waals surface area contributed by atoms with E-state index >= 15 is 0 Å². The number of piperidine rings is 1. The van der Waals surface area contributed by atoms with Crippen molar-refractivity contribution in [2.45, 2.75) is 26.2 Å². The van der Waals surface area contributed by atoms with Crippen LogP contribution < -0.4 is 5.32 Å². The number of likely N-dealkylation sites (tertiary alicyclic amines) is 1. The third-order valence-corrected chi connectivity index (χ3v) is 3.62. The van der Waals surface area contributed by atoms with Crippen LogP contribution in [0.4, 0.5) is 0 Å². The van der Waals surface area contributed by atoms with Gasteiger partial charge in [-0.15, -0.1) is 0 Å². The van der Waals surface area contributed by atoms with Crippen molar-refractivity contribution in [3.05, 3.63) is 30.1 Å². The molecule has 1 fully saturated rings. The molecule has 104 valence electrons. The summed E-state index contributed by atoms with van der Waals surface area (Å²) in [6, 6.07) is 3.48. The molecule has 2 rings (SSSR count). The summed E-state index contributed by atoms with van der Waals surface area (Å²) in [5.74, 6) is 0.814. The Hall–Kier alpha value is -1.42. The molecule has 1 saturated heterocycles. The standard InChI is InChI=1S/C15H23N3O/c1-13-4-2-10-18(12-13)11-3-7-17-15(19)14-5-8-16-9-6-14/h5-6,8-9,13H,2-4,7,10-12H2,1H3,(H,17,19)/t13-/m0/s1. The summed E-state index contributed by atoms with van der Waals surface area (Å²) in [7, 11) is 0. The van der Waals surface area contributed by atoms with Crippen LogP contribution >= 0.6 is 0 Å². The maximum Gasteiger partial charge on any atom is 0.251 e. The number of pyridine rings is 1. The van der Waals surface area contributed by atoms with Crippen molar-refractivity contribution in [2.75, 3.05) is 26.2 Å². The lowest BCUT2D eigenvalue weighted by Gasteiger charge is -2.30. The van der Waals surface area contributed by atoms with Crippen molar-refractivity contribution in [3.8, 4) is 0 Å². The number of aromatic nitrogens is 1. The predicted molar refractivity (Wildman–Crippen MR) is 76.0 cm³/mol. The van der Waals surface area contributed by atoms with E-state index in [1.54, 1.807) is 24.5 Å². The van der Waals surface area contributed by atoms with Crippen LogP contribution in [0.5, 0.6) is 0 Å². The molecule has 1 aliphatic rings. The van der Waals surface area contributed by atoms with Gasteiger partial charge in [-0.05, 0) is 50.4 Å². The average molecular weight is 261 g/mol. The van der Waals surface area contributed by atoms with Crippen LogP contribution in [0.1, 0.15) is 36.5 Å². The van der Waals surface area contributed by atoms with E-state index in [0.29, 0.717) is 5.56 Å². The van der Waals surface area contributed by atoms with Gasteiger partial charge in [0.05, 0.1) is 0 Å². The molecule has 1 aliphatic heterocycles. The normalized spacial score (nSPS) is 20.2. The molecule has 0 aromatic carbocycles. The Balaban J connectivity index is 1.63. The fourth-order valence-corrected chi connectivity index (χ4v) is 2.60. The van der Waals surface area contributed by atoms with Crippen LogP contribution in [0.15, 0.2) is 24.5 Å². The zero-order valence-corrected chi connectivity index (χ0v) is 11.6. The summed E-state index contributed by atoms with van der Waals surface area (Å²) in [4.78, 5) is 18.2. The maximum atomic E-state index is 11.8. The molecule has 1 atom stereocenters. The van der Waals surface area contributed by atoms with E-state index in [9.17, 15) is 4.79 Å². The van der Waals surface area contributed by atoms with Gasteiger partial charge in [0.1, 0.15) is 0 Å². The number of nitrogens with one attached hydrogen (secondary N) is 1. The van der Waals surface area contributed by atoms with Gasteiger partial charge in [-0.3, -0.25) is 9.78 Å². The van der Waals surface area contributed by atoms with Gasteiger partial charge in [0.25, 0.3) is 5.91 Å². The Morgan fingerprint density at radius 1 is 1.47 bits per heavy atom. The van der Waals surface area contributed by atoms with E-state index in [1.165, 1.54) is 25.9 Å². The van der Waals surface area contributed by atoms with Gasteiger partial charge < -0.3 is 10.2 Å². The van der Waals surface area contributed by atoms with Gasteiger partial charge in [-0.1, -0.05) is 6.92 Å². The quantitative estimate of drug-likeness (QED) is 0.824. The number of hydrogen-bond donors (Lipinski definition) is 1. The van der Waals surface area contributed by atoms with Gasteiger partial charge in [-0.25, -0.2) is 0 Å². The average Bonchev–Trinajstić information content (AvgIpc) is 2.44. The molecule has 4 heteroatoms. The monoisotopic (exact) mass is 261 g/mol. The van der Waals surface area contributed by atoms with Crippen molar-refractivity contribution < 1.29 is 4.79 Å². The minimum absolute atomic E-state index is 0.00517. The highest BCUT2D eigenvalue weighted by Crippen LogP contribution is 2.15. The lowest BCUT2D eigenvalue weighted by atomic mass is 10.0. The summed E-state index contributed by atoms with van der Waals surface area (Å²) in [6.45, 7) is 6.56. The van der Waals surface area contributed by atoms with Crippen molar-refractivity contribution in [1.29, 1.82) is 0 Å². The van der Waals surface area contributed by atoms with Crippen molar-refractivity contribution in [2.24, 2.45) is 5.92 Å². The molecular formula is C15H23N3O. The second-order valence-electron chi connectivity index (χ2n) is 5.39. The molecule has 0 spiro atoms. The van der Waals surface area contributed by atoms with Crippen LogP contribution in [0.2, 0.25) is 0 Å². The van der Waals surface area contributed by atoms with Crippen LogP contribution in [0.3, 0.4) is 0 Å². The first-order valence-corrected chi connectivity index (χ1v) is 7.16. The molecule has 0 saturated carbocycles. The smallest absolute Gasteiger partial charge is 0.251 e. The first kappa shape index (κ1) is 14.0. The highest BCUT2D eigenvalue weighted by molar-refractivity contribution is 5.93. The molecule has 2 heterocycles. The molecule has 0 radical (unpaired) electrons. The summed E-state index contributed by atoms with van der Waals surface area (Å²) in [5.41, 5.74) is 0.682. The lowest BCUT2D eigenvalue weighted by Crippen LogP contribution is -2.36. The molecule has 1 aromatic heterocycles. The number of carbonyl (C=O) groups excluding carboxylic acids is 1. The van der Waals surface area contributed by atoms with Gasteiger partial charge in [0.2, 0.25) is 0 Å². The Labute approximate surface area is 115 Å². The molecule has 0 unspecified atom stereocenters. The molecule has 0 bridgehead atoms. The first-order chi connectivity index (χ1) is 9.25. The van der Waals surface area contributed by atoms with Gasteiger partial charge in [0, 0.05) is 31.0 Å². The minimum atomic E-state index is -0.00517. The molecule has 19 heavy (non-hydrogen) atoms. The summed E-state index contributed by atoms with van der Waals surface area (Å²) >= 11 is 0. The topological polar surface area (TPSA) is 45.2 Å². The second kappa shape index (κ2) is 7.24. The highest BCUT2D eigenvalue weighted by Gasteiger charge is 2.15. The van der Waals surface area contributed by atoms with Crippen LogP contribution in [0, 0.1) is 5.92 Å². The zero-order chi connectivity index (χ0) is 13.5. The van der Waals surface area contributed by atoms with Crippen molar-refractivity contribution >= 4 is 5.91 Å². The Morgan fingerprint density at radius 3 is 3.00 bits per heavy atom. The zero-order valence-electron chi connectivity index (χ0n) is 11.6. The minimum Gasteiger partial charge on any atom is -0.352 e. The van der Waals surface area contributed by atoms with E-state index < -0.39 is 0 Å². The molecule has 1 aromatic rings. The number of nitrogens with zero attached hydrogens (tertiary/aromatic N) is 2. The third kappa shape index (κ3) is 4.63. The SMILES string of the molecule is C[C@H]1CCCN(CCCNC(=O)c2ccncc2)C1. The highest BCUT2D eigenvalue weighted by atomic mass is 16.1. The Morgan fingerprint density at radius 2 is 2.26 bits per heavy atom. The maximum absolute atomic E-state index is 11.8. The predicted octanol–water partition coefficient (Wildman–Crippen LogP) is 1.93. The van der Waals surface area contributed by atoms with Gasteiger partial charge in [-0.2, -0.15) is 0 Å². The molecule has 0 aliphatic carbocycles. The Bertz CT molecular complexity index is 394. The van der Waals surface area contributed by atoms with Crippen molar-refractivity contribution in [3.63, 3.8) is 0 Å². The fourth-order valence-electron chi connectivity index (χ4n) is 2.60. The van der Waals surface area contributed by atoms with Crippen LogP contribution in [0.25, 0.3) is 0 Å². The van der Waals surface area contributed by atoms with Crippen LogP contribution in [-0.4, -0.2) is 42.0 Å². The second-order valence-corrected chi connectivity index (χ2v) is 5.39. The van der Waals surface area contributed by atoms with E-state index in [-0.39, 0.29) is 5.91 Å². The first-order valence-electron chi connectivity index (χ1n) is 7.16. The summed E-state index contributed by atoms with van der Waals surface area (Å²) in [5, 5.41) is 2.96. The van der Waals surface area contributed by atoms with Crippen LogP contribution in [-0.2, 0) is 0 Å². The van der Waals surface area contributed by atoms with E-state index in [4.69, 9.17) is 0 Å². The molecular weight excluding hydrogens is 238 g/mol. The van der Waals surface area contributed by atoms with Gasteiger partial charge in [0.15, 0.2) is 0 Å². The number of hydrogen-bond acceptors (Lipinski definition) is 3. The number of rotatable bonds is 5. The number of amides is 1. The molecule has 1 N–H and O–H groups in total. The van der Waals surface area contributed by atoms with Crippen molar-refractivity contribution in [1.82, 2.24) is 15.2 Å².